The Kier molecular flexibility index (Phi) is 7.62. The minimum Gasteiger partial charge on any atom is -0.379 e. The molecule has 7 nitrogen and oxygen atoms in total. The van der Waals surface area contributed by atoms with E-state index < -0.39 is 0 Å². The second kappa shape index (κ2) is 10.8. The van der Waals surface area contributed by atoms with E-state index in [2.05, 4.69) is 29.4 Å². The number of benzene rings is 2. The van der Waals surface area contributed by atoms with Crippen LogP contribution in [0.2, 0.25) is 0 Å². The molecule has 2 N–H and O–H groups in total. The summed E-state index contributed by atoms with van der Waals surface area (Å²) >= 11 is 0. The average Bonchev–Trinajstić information content (AvgIpc) is 3.08. The summed E-state index contributed by atoms with van der Waals surface area (Å²) in [6.07, 6.45) is 0.711. The lowest BCUT2D eigenvalue weighted by molar-refractivity contribution is 0.0374. The highest BCUT2D eigenvalue weighted by Crippen LogP contribution is 2.34. The maximum absolute atomic E-state index is 12.9. The van der Waals surface area contributed by atoms with Crippen molar-refractivity contribution < 1.29 is 14.3 Å². The van der Waals surface area contributed by atoms with E-state index in [1.165, 1.54) is 0 Å². The summed E-state index contributed by atoms with van der Waals surface area (Å²) in [5.41, 5.74) is 3.25. The molecule has 2 heterocycles. The topological polar surface area (TPSA) is 73.9 Å². The molecule has 1 unspecified atom stereocenters. The second-order valence-electron chi connectivity index (χ2n) is 9.13. The molecule has 2 aliphatic rings. The van der Waals surface area contributed by atoms with Crippen molar-refractivity contribution in [1.82, 2.24) is 15.1 Å². The summed E-state index contributed by atoms with van der Waals surface area (Å²) in [5.74, 6) is 0.359. The summed E-state index contributed by atoms with van der Waals surface area (Å²) in [4.78, 5) is 29.7. The first-order valence-corrected chi connectivity index (χ1v) is 11.9. The quantitative estimate of drug-likeness (QED) is 0.573. The maximum atomic E-state index is 12.9. The molecule has 176 valence electrons. The van der Waals surface area contributed by atoms with Crippen molar-refractivity contribution in [3.63, 3.8) is 0 Å². The smallest absolute Gasteiger partial charge is 0.256 e. The Balaban J connectivity index is 1.33. The highest BCUT2D eigenvalue weighted by Gasteiger charge is 2.36. The Bertz CT molecular complexity index is 954. The van der Waals surface area contributed by atoms with E-state index >= 15 is 0 Å². The molecule has 2 aliphatic heterocycles. The summed E-state index contributed by atoms with van der Waals surface area (Å²) in [6.45, 7) is 10.1. The van der Waals surface area contributed by atoms with Crippen molar-refractivity contribution in [3.8, 4) is 0 Å². The molecule has 2 amide bonds. The predicted molar refractivity (Wildman–Crippen MR) is 129 cm³/mol. The fourth-order valence-corrected chi connectivity index (χ4v) is 4.41. The van der Waals surface area contributed by atoms with Crippen LogP contribution < -0.4 is 10.6 Å². The molecule has 1 fully saturated rings. The van der Waals surface area contributed by atoms with E-state index in [4.69, 9.17) is 4.74 Å². The van der Waals surface area contributed by atoms with E-state index in [0.29, 0.717) is 24.6 Å². The van der Waals surface area contributed by atoms with Crippen LogP contribution in [0.15, 0.2) is 48.5 Å². The van der Waals surface area contributed by atoms with Crippen molar-refractivity contribution in [2.75, 3.05) is 51.3 Å². The number of hydrogen-bond donors (Lipinski definition) is 2. The van der Waals surface area contributed by atoms with E-state index in [9.17, 15) is 9.59 Å². The van der Waals surface area contributed by atoms with Crippen LogP contribution in [0, 0.1) is 5.92 Å². The normalized spacial score (nSPS) is 18.5. The minimum absolute atomic E-state index is 0.0601. The Morgan fingerprint density at radius 3 is 2.55 bits per heavy atom. The van der Waals surface area contributed by atoms with Gasteiger partial charge in [0.25, 0.3) is 11.8 Å². The minimum atomic E-state index is -0.212. The van der Waals surface area contributed by atoms with Gasteiger partial charge in [-0.05, 0) is 49.2 Å². The van der Waals surface area contributed by atoms with Gasteiger partial charge in [-0.1, -0.05) is 32.0 Å². The first-order valence-electron chi connectivity index (χ1n) is 11.9. The van der Waals surface area contributed by atoms with Gasteiger partial charge in [-0.15, -0.1) is 0 Å². The van der Waals surface area contributed by atoms with Gasteiger partial charge in [0.2, 0.25) is 0 Å². The molecule has 4 rings (SSSR count). The molecular weight excluding hydrogens is 416 g/mol. The maximum Gasteiger partial charge on any atom is 0.256 e. The molecule has 0 spiro atoms. The SMILES string of the molecule is CC(C)CN1C(=O)c2ccccc2C1Nc1ccc(C(=O)NCCCN2CCOCC2)cc1. The molecule has 2 aromatic carbocycles. The number of carbonyl (C=O) groups is 2. The molecule has 7 heteroatoms. The van der Waals surface area contributed by atoms with Crippen LogP contribution in [-0.4, -0.2) is 67.6 Å². The van der Waals surface area contributed by atoms with Crippen molar-refractivity contribution in [2.45, 2.75) is 26.4 Å². The Morgan fingerprint density at radius 1 is 1.09 bits per heavy atom. The highest BCUT2D eigenvalue weighted by molar-refractivity contribution is 5.99. The monoisotopic (exact) mass is 450 g/mol. The summed E-state index contributed by atoms with van der Waals surface area (Å²) in [7, 11) is 0. The van der Waals surface area contributed by atoms with Crippen molar-refractivity contribution >= 4 is 17.5 Å². The lowest BCUT2D eigenvalue weighted by atomic mass is 10.1. The summed E-state index contributed by atoms with van der Waals surface area (Å²) in [5, 5.41) is 6.50. The van der Waals surface area contributed by atoms with Crippen molar-refractivity contribution in [3.05, 3.63) is 65.2 Å². The summed E-state index contributed by atoms with van der Waals surface area (Å²) < 4.78 is 5.36. The number of carbonyl (C=O) groups excluding carboxylic acids is 2. The number of hydrogen-bond acceptors (Lipinski definition) is 5. The number of anilines is 1. The third-order valence-corrected chi connectivity index (χ3v) is 6.11. The summed E-state index contributed by atoms with van der Waals surface area (Å²) in [6, 6.07) is 15.2. The highest BCUT2D eigenvalue weighted by atomic mass is 16.5. The van der Waals surface area contributed by atoms with Crippen LogP contribution in [0.3, 0.4) is 0 Å². The van der Waals surface area contributed by atoms with Crippen molar-refractivity contribution in [2.24, 2.45) is 5.92 Å². The Morgan fingerprint density at radius 2 is 1.82 bits per heavy atom. The fourth-order valence-electron chi connectivity index (χ4n) is 4.41. The van der Waals surface area contributed by atoms with E-state index in [1.807, 2.05) is 53.4 Å². The van der Waals surface area contributed by atoms with Crippen molar-refractivity contribution in [1.29, 1.82) is 0 Å². The largest absolute Gasteiger partial charge is 0.379 e. The first kappa shape index (κ1) is 23.3. The van der Waals surface area contributed by atoms with Crippen LogP contribution in [0.25, 0.3) is 0 Å². The second-order valence-corrected chi connectivity index (χ2v) is 9.13. The predicted octanol–water partition coefficient (Wildman–Crippen LogP) is 3.36. The number of nitrogens with one attached hydrogen (secondary N) is 2. The van der Waals surface area contributed by atoms with Gasteiger partial charge in [-0.3, -0.25) is 14.5 Å². The number of morpholine rings is 1. The molecule has 0 saturated carbocycles. The van der Waals surface area contributed by atoms with Gasteiger partial charge < -0.3 is 20.3 Å². The zero-order chi connectivity index (χ0) is 23.2. The molecule has 0 bridgehead atoms. The molecule has 1 saturated heterocycles. The van der Waals surface area contributed by atoms with E-state index in [-0.39, 0.29) is 18.0 Å². The van der Waals surface area contributed by atoms with E-state index in [0.717, 1.165) is 56.1 Å². The average molecular weight is 451 g/mol. The lowest BCUT2D eigenvalue weighted by Crippen LogP contribution is -2.38. The van der Waals surface area contributed by atoms with E-state index in [1.54, 1.807) is 0 Å². The van der Waals surface area contributed by atoms with Gasteiger partial charge in [0.1, 0.15) is 6.17 Å². The fraction of sp³-hybridized carbons (Fsp3) is 0.462. The number of nitrogens with zero attached hydrogens (tertiary/aromatic N) is 2. The molecule has 33 heavy (non-hydrogen) atoms. The van der Waals surface area contributed by atoms with Gasteiger partial charge in [0.05, 0.1) is 13.2 Å². The van der Waals surface area contributed by atoms with Crippen LogP contribution >= 0.6 is 0 Å². The van der Waals surface area contributed by atoms with Crippen LogP contribution in [0.1, 0.15) is 52.7 Å². The molecule has 0 aliphatic carbocycles. The van der Waals surface area contributed by atoms with Crippen LogP contribution in [-0.2, 0) is 4.74 Å². The zero-order valence-corrected chi connectivity index (χ0v) is 19.5. The van der Waals surface area contributed by atoms with Gasteiger partial charge in [0.15, 0.2) is 0 Å². The van der Waals surface area contributed by atoms with Gasteiger partial charge in [-0.2, -0.15) is 0 Å². The number of amides is 2. The first-order chi connectivity index (χ1) is 16.0. The standard InChI is InChI=1S/C26H34N4O3/c1-19(2)18-30-24(22-6-3-4-7-23(22)26(30)32)28-21-10-8-20(9-11-21)25(31)27-12-5-13-29-14-16-33-17-15-29/h3-4,6-11,19,24,28H,5,12-18H2,1-2H3,(H,27,31). The molecule has 2 aromatic rings. The molecular formula is C26H34N4O3. The third kappa shape index (κ3) is 5.72. The van der Waals surface area contributed by atoms with Gasteiger partial charge >= 0.3 is 0 Å². The van der Waals surface area contributed by atoms with Crippen LogP contribution in [0.4, 0.5) is 5.69 Å². The lowest BCUT2D eigenvalue weighted by Gasteiger charge is -2.28. The molecule has 0 radical (unpaired) electrons. The van der Waals surface area contributed by atoms with Gasteiger partial charge in [0, 0.05) is 48.6 Å². The number of ether oxygens (including phenoxy) is 1. The Labute approximate surface area is 196 Å². The third-order valence-electron chi connectivity index (χ3n) is 6.11. The number of rotatable bonds is 9. The zero-order valence-electron chi connectivity index (χ0n) is 19.5. The van der Waals surface area contributed by atoms with Gasteiger partial charge in [-0.25, -0.2) is 0 Å². The Hall–Kier alpha value is -2.90. The van der Waals surface area contributed by atoms with Crippen LogP contribution in [0.5, 0.6) is 0 Å². The molecule has 0 aromatic heterocycles. The number of fused-ring (bicyclic) bond motifs is 1. The molecule has 1 atom stereocenters.